The molecule has 3 heteroatoms. The Morgan fingerprint density at radius 2 is 1.91 bits per heavy atom. The number of hydrogen-bond donors (Lipinski definition) is 2. The Hall–Kier alpha value is -1.35. The zero-order valence-electron chi connectivity index (χ0n) is 13.6. The lowest BCUT2D eigenvalue weighted by Gasteiger charge is -2.39. The first-order chi connectivity index (χ1) is 10.7. The van der Waals surface area contributed by atoms with E-state index >= 15 is 0 Å². The first-order valence-electron chi connectivity index (χ1n) is 8.76. The van der Waals surface area contributed by atoms with E-state index in [0.717, 1.165) is 43.6 Å². The third-order valence-corrected chi connectivity index (χ3v) is 5.27. The molecule has 1 heterocycles. The lowest BCUT2D eigenvalue weighted by atomic mass is 9.71. The number of nitrogens with one attached hydrogen (secondary N) is 1. The third-order valence-electron chi connectivity index (χ3n) is 5.27. The molecule has 0 aromatic heterocycles. The maximum atomic E-state index is 11.6. The van der Waals surface area contributed by atoms with Crippen molar-refractivity contribution in [3.8, 4) is 0 Å². The van der Waals surface area contributed by atoms with Gasteiger partial charge in [-0.1, -0.05) is 49.6 Å². The van der Waals surface area contributed by atoms with Crippen molar-refractivity contribution >= 4 is 5.84 Å². The molecule has 0 saturated heterocycles. The summed E-state index contributed by atoms with van der Waals surface area (Å²) in [4.78, 5) is 4.55. The highest BCUT2D eigenvalue weighted by atomic mass is 16.3. The predicted octanol–water partition coefficient (Wildman–Crippen LogP) is 3.62. The van der Waals surface area contributed by atoms with Crippen LogP contribution in [0.1, 0.15) is 57.4 Å². The van der Waals surface area contributed by atoms with Crippen molar-refractivity contribution in [1.82, 2.24) is 5.32 Å². The van der Waals surface area contributed by atoms with Gasteiger partial charge in [0, 0.05) is 12.5 Å². The van der Waals surface area contributed by atoms with E-state index in [2.05, 4.69) is 29.4 Å². The van der Waals surface area contributed by atoms with Gasteiger partial charge >= 0.3 is 0 Å². The number of rotatable bonds is 5. The first-order valence-corrected chi connectivity index (χ1v) is 8.76. The Morgan fingerprint density at radius 3 is 2.55 bits per heavy atom. The second-order valence-corrected chi connectivity index (χ2v) is 6.96. The van der Waals surface area contributed by atoms with Gasteiger partial charge in [-0.3, -0.25) is 4.99 Å². The molecule has 1 aromatic carbocycles. The van der Waals surface area contributed by atoms with E-state index in [9.17, 15) is 5.11 Å². The molecule has 2 unspecified atom stereocenters. The van der Waals surface area contributed by atoms with Gasteiger partial charge in [-0.05, 0) is 37.7 Å². The van der Waals surface area contributed by atoms with Crippen molar-refractivity contribution in [2.75, 3.05) is 6.54 Å². The monoisotopic (exact) mass is 300 g/mol. The lowest BCUT2D eigenvalue weighted by molar-refractivity contribution is -0.0446. The average molecular weight is 300 g/mol. The molecular weight excluding hydrogens is 272 g/mol. The molecule has 1 saturated carbocycles. The van der Waals surface area contributed by atoms with Gasteiger partial charge in [-0.15, -0.1) is 0 Å². The van der Waals surface area contributed by atoms with Crippen LogP contribution in [-0.2, 0) is 5.60 Å². The second-order valence-electron chi connectivity index (χ2n) is 6.96. The van der Waals surface area contributed by atoms with E-state index < -0.39 is 5.60 Å². The van der Waals surface area contributed by atoms with E-state index in [1.54, 1.807) is 0 Å². The molecule has 2 N–H and O–H groups in total. The topological polar surface area (TPSA) is 44.6 Å². The van der Waals surface area contributed by atoms with Gasteiger partial charge in [-0.25, -0.2) is 0 Å². The summed E-state index contributed by atoms with van der Waals surface area (Å²) in [6, 6.07) is 10.7. The van der Waals surface area contributed by atoms with Gasteiger partial charge in [0.25, 0.3) is 0 Å². The molecule has 2 aliphatic rings. The van der Waals surface area contributed by atoms with Crippen molar-refractivity contribution in [2.24, 2.45) is 10.9 Å². The number of nitrogens with zero attached hydrogens (tertiary/aromatic N) is 1. The smallest absolute Gasteiger partial charge is 0.0967 e. The van der Waals surface area contributed by atoms with Crippen LogP contribution in [0.25, 0.3) is 0 Å². The lowest BCUT2D eigenvalue weighted by Crippen LogP contribution is -2.38. The second kappa shape index (κ2) is 6.82. The van der Waals surface area contributed by atoms with E-state index in [1.165, 1.54) is 19.3 Å². The van der Waals surface area contributed by atoms with Gasteiger partial charge < -0.3 is 10.4 Å². The summed E-state index contributed by atoms with van der Waals surface area (Å²) in [5.74, 6) is 1.45. The Balaban J connectivity index is 1.76. The predicted molar refractivity (Wildman–Crippen MR) is 91.0 cm³/mol. The van der Waals surface area contributed by atoms with E-state index in [0.29, 0.717) is 12.0 Å². The summed E-state index contributed by atoms with van der Waals surface area (Å²) in [5, 5.41) is 15.0. The van der Waals surface area contributed by atoms with Crippen LogP contribution < -0.4 is 5.32 Å². The Morgan fingerprint density at radius 1 is 1.18 bits per heavy atom. The number of benzene rings is 1. The van der Waals surface area contributed by atoms with Crippen LogP contribution in [-0.4, -0.2) is 23.5 Å². The molecule has 0 amide bonds. The molecule has 1 fully saturated rings. The zero-order chi connectivity index (χ0) is 15.4. The SMILES string of the molecule is CC1CN=C(CCC(O)(c2ccccc2)C2CCCCC2)N1. The fourth-order valence-electron chi connectivity index (χ4n) is 3.97. The van der Waals surface area contributed by atoms with Crippen LogP contribution in [0, 0.1) is 5.92 Å². The Kier molecular flexibility index (Phi) is 4.82. The minimum absolute atomic E-state index is 0.378. The zero-order valence-corrected chi connectivity index (χ0v) is 13.6. The minimum atomic E-state index is -0.711. The van der Waals surface area contributed by atoms with Gasteiger partial charge in [0.15, 0.2) is 0 Å². The van der Waals surface area contributed by atoms with Gasteiger partial charge in [0.1, 0.15) is 0 Å². The van der Waals surface area contributed by atoms with Gasteiger partial charge in [0.2, 0.25) is 0 Å². The quantitative estimate of drug-likeness (QED) is 0.872. The highest BCUT2D eigenvalue weighted by molar-refractivity contribution is 5.84. The van der Waals surface area contributed by atoms with Crippen LogP contribution in [0.4, 0.5) is 0 Å². The van der Waals surface area contributed by atoms with Crippen molar-refractivity contribution in [3.05, 3.63) is 35.9 Å². The standard InChI is InChI=1S/C19H28N2O/c1-15-14-20-18(21-15)12-13-19(22,16-8-4-2-5-9-16)17-10-6-3-7-11-17/h2,4-5,8-9,15,17,22H,3,6-7,10-14H2,1H3,(H,20,21). The molecule has 3 nitrogen and oxygen atoms in total. The number of aliphatic hydroxyl groups is 1. The maximum Gasteiger partial charge on any atom is 0.0967 e. The van der Waals surface area contributed by atoms with Crippen LogP contribution >= 0.6 is 0 Å². The first kappa shape index (κ1) is 15.5. The number of aliphatic imine (C=N–C) groups is 1. The largest absolute Gasteiger partial charge is 0.385 e. The molecule has 2 atom stereocenters. The highest BCUT2D eigenvalue weighted by Crippen LogP contribution is 2.42. The summed E-state index contributed by atoms with van der Waals surface area (Å²) >= 11 is 0. The summed E-state index contributed by atoms with van der Waals surface area (Å²) in [5.41, 5.74) is 0.367. The van der Waals surface area contributed by atoms with Crippen molar-refractivity contribution in [2.45, 2.75) is 63.5 Å². The van der Waals surface area contributed by atoms with Gasteiger partial charge in [0.05, 0.1) is 18.0 Å². The average Bonchev–Trinajstić information content (AvgIpc) is 3.00. The van der Waals surface area contributed by atoms with Crippen molar-refractivity contribution < 1.29 is 5.11 Å². The third kappa shape index (κ3) is 3.35. The molecule has 1 aliphatic carbocycles. The molecule has 22 heavy (non-hydrogen) atoms. The molecule has 3 rings (SSSR count). The molecule has 0 bridgehead atoms. The van der Waals surface area contributed by atoms with Gasteiger partial charge in [-0.2, -0.15) is 0 Å². The van der Waals surface area contributed by atoms with Crippen LogP contribution in [0.2, 0.25) is 0 Å². The maximum absolute atomic E-state index is 11.6. The number of hydrogen-bond acceptors (Lipinski definition) is 3. The van der Waals surface area contributed by atoms with E-state index in [-0.39, 0.29) is 0 Å². The summed E-state index contributed by atoms with van der Waals surface area (Å²) in [6.45, 7) is 3.02. The fraction of sp³-hybridized carbons (Fsp3) is 0.632. The Bertz CT molecular complexity index is 507. The number of amidine groups is 1. The van der Waals surface area contributed by atoms with E-state index in [4.69, 9.17) is 0 Å². The molecular formula is C19H28N2O. The minimum Gasteiger partial charge on any atom is -0.385 e. The summed E-state index contributed by atoms with van der Waals surface area (Å²) in [6.07, 6.45) is 7.69. The molecule has 0 spiro atoms. The van der Waals surface area contributed by atoms with E-state index in [1.807, 2.05) is 18.2 Å². The van der Waals surface area contributed by atoms with Crippen LogP contribution in [0.3, 0.4) is 0 Å². The normalized spacial score (nSPS) is 25.4. The van der Waals surface area contributed by atoms with Crippen LogP contribution in [0.5, 0.6) is 0 Å². The molecule has 1 aliphatic heterocycles. The van der Waals surface area contributed by atoms with Crippen molar-refractivity contribution in [3.63, 3.8) is 0 Å². The molecule has 1 aromatic rings. The summed E-state index contributed by atoms with van der Waals surface area (Å²) in [7, 11) is 0. The highest BCUT2D eigenvalue weighted by Gasteiger charge is 2.38. The molecule has 0 radical (unpaired) electrons. The fourth-order valence-corrected chi connectivity index (χ4v) is 3.97. The van der Waals surface area contributed by atoms with Crippen molar-refractivity contribution in [1.29, 1.82) is 0 Å². The molecule has 120 valence electrons. The Labute approximate surface area is 133 Å². The summed E-state index contributed by atoms with van der Waals surface area (Å²) < 4.78 is 0. The van der Waals surface area contributed by atoms with Crippen LogP contribution in [0.15, 0.2) is 35.3 Å².